The summed E-state index contributed by atoms with van der Waals surface area (Å²) in [5, 5.41) is 23.3. The molecule has 1 N–H and O–H groups in total. The summed E-state index contributed by atoms with van der Waals surface area (Å²) in [6.45, 7) is 9.73. The Morgan fingerprint density at radius 1 is 1.43 bits per heavy atom. The fraction of sp³-hybridized carbons (Fsp3) is 1.00. The Morgan fingerprint density at radius 3 is 2.36 bits per heavy atom. The second kappa shape index (κ2) is 3.47. The highest BCUT2D eigenvalue weighted by atomic mass is 16.5. The van der Waals surface area contributed by atoms with Crippen LogP contribution < -0.4 is 0 Å². The van der Waals surface area contributed by atoms with Gasteiger partial charge in [-0.25, -0.2) is 0 Å². The molecule has 1 rings (SSSR count). The molecule has 1 aliphatic rings. The molecule has 0 bridgehead atoms. The van der Waals surface area contributed by atoms with E-state index in [0.717, 1.165) is 6.42 Å². The molecule has 3 unspecified atom stereocenters. The number of aliphatic hydroxyl groups is 1. The minimum absolute atomic E-state index is 0.0274. The average molecular weight is 200 g/mol. The van der Waals surface area contributed by atoms with E-state index in [1.807, 2.05) is 34.6 Å². The van der Waals surface area contributed by atoms with Crippen molar-refractivity contribution in [3.63, 3.8) is 0 Å². The van der Waals surface area contributed by atoms with Crippen molar-refractivity contribution in [1.29, 1.82) is 0 Å². The number of hydroxylamine groups is 2. The zero-order valence-corrected chi connectivity index (χ0v) is 9.87. The van der Waals surface area contributed by atoms with Crippen LogP contribution in [0.5, 0.6) is 0 Å². The predicted molar refractivity (Wildman–Crippen MR) is 55.1 cm³/mol. The van der Waals surface area contributed by atoms with Gasteiger partial charge in [0, 0.05) is 17.0 Å². The Labute approximate surface area is 86.7 Å². The van der Waals surface area contributed by atoms with Gasteiger partial charge < -0.3 is 5.11 Å². The fourth-order valence-corrected chi connectivity index (χ4v) is 2.35. The summed E-state index contributed by atoms with van der Waals surface area (Å²) in [6, 6.07) is 0. The van der Waals surface area contributed by atoms with Gasteiger partial charge in [-0.15, -0.1) is 10.3 Å². The molecule has 83 valence electrons. The van der Waals surface area contributed by atoms with Crippen molar-refractivity contribution >= 4 is 0 Å². The monoisotopic (exact) mass is 200 g/mol. The van der Waals surface area contributed by atoms with E-state index in [1.54, 1.807) is 0 Å². The summed E-state index contributed by atoms with van der Waals surface area (Å²) in [5.41, 5.74) is -0.877. The van der Waals surface area contributed by atoms with Gasteiger partial charge in [-0.3, -0.25) is 0 Å². The standard InChI is InChI=1S/C11H22NO2/c1-6-11(5)7-9(13)8(2)10(3,4)12(11)14/h8-9,13H,6-7H2,1-5H3. The van der Waals surface area contributed by atoms with Gasteiger partial charge in [0.15, 0.2) is 0 Å². The van der Waals surface area contributed by atoms with E-state index in [0.29, 0.717) is 6.42 Å². The minimum Gasteiger partial charge on any atom is -0.393 e. The van der Waals surface area contributed by atoms with E-state index in [9.17, 15) is 10.3 Å². The third-order valence-electron chi connectivity index (χ3n) is 4.12. The molecule has 1 radical (unpaired) electrons. The fourth-order valence-electron chi connectivity index (χ4n) is 2.35. The Kier molecular flexibility index (Phi) is 2.96. The van der Waals surface area contributed by atoms with Crippen LogP contribution in [0.2, 0.25) is 0 Å². The molecule has 0 amide bonds. The first-order chi connectivity index (χ1) is 6.25. The van der Waals surface area contributed by atoms with Crippen molar-refractivity contribution < 1.29 is 10.3 Å². The summed E-state index contributed by atoms with van der Waals surface area (Å²) in [6.07, 6.45) is 1.00. The summed E-state index contributed by atoms with van der Waals surface area (Å²) < 4.78 is 0. The highest BCUT2D eigenvalue weighted by Crippen LogP contribution is 2.42. The molecule has 0 aliphatic carbocycles. The average Bonchev–Trinajstić information content (AvgIpc) is 2.13. The smallest absolute Gasteiger partial charge is 0.0602 e. The first-order valence-corrected chi connectivity index (χ1v) is 5.41. The first-order valence-electron chi connectivity index (χ1n) is 5.41. The van der Waals surface area contributed by atoms with Crippen LogP contribution in [0.15, 0.2) is 0 Å². The number of piperidine rings is 1. The minimum atomic E-state index is -0.470. The molecule has 0 aromatic carbocycles. The molecule has 1 aliphatic heterocycles. The molecule has 3 atom stereocenters. The third-order valence-corrected chi connectivity index (χ3v) is 4.12. The van der Waals surface area contributed by atoms with Crippen molar-refractivity contribution in [2.75, 3.05) is 0 Å². The van der Waals surface area contributed by atoms with Gasteiger partial charge in [0.1, 0.15) is 0 Å². The third kappa shape index (κ3) is 1.58. The van der Waals surface area contributed by atoms with E-state index >= 15 is 0 Å². The Hall–Kier alpha value is -0.120. The topological polar surface area (TPSA) is 43.4 Å². The van der Waals surface area contributed by atoms with Crippen molar-refractivity contribution in [3.8, 4) is 0 Å². The van der Waals surface area contributed by atoms with Gasteiger partial charge in [-0.2, -0.15) is 0 Å². The van der Waals surface area contributed by atoms with Crippen LogP contribution >= 0.6 is 0 Å². The lowest BCUT2D eigenvalue weighted by atomic mass is 9.71. The molecule has 3 heteroatoms. The number of rotatable bonds is 1. The Balaban J connectivity index is 2.99. The first kappa shape index (κ1) is 12.0. The molecule has 0 aromatic rings. The number of hydrogen-bond acceptors (Lipinski definition) is 2. The van der Waals surface area contributed by atoms with E-state index in [1.165, 1.54) is 5.06 Å². The highest BCUT2D eigenvalue weighted by Gasteiger charge is 2.51. The maximum atomic E-state index is 12.2. The maximum Gasteiger partial charge on any atom is 0.0602 e. The zero-order chi connectivity index (χ0) is 11.1. The summed E-state index contributed by atoms with van der Waals surface area (Å²) >= 11 is 0. The molecule has 1 heterocycles. The van der Waals surface area contributed by atoms with Crippen LogP contribution in [0.1, 0.15) is 47.5 Å². The molecular formula is C11H22NO2. The van der Waals surface area contributed by atoms with E-state index < -0.39 is 11.1 Å². The second-order valence-corrected chi connectivity index (χ2v) is 5.36. The van der Waals surface area contributed by atoms with Gasteiger partial charge in [0.05, 0.1) is 6.10 Å². The normalized spacial score (nSPS) is 43.9. The van der Waals surface area contributed by atoms with Crippen LogP contribution in [0.25, 0.3) is 0 Å². The summed E-state index contributed by atoms with van der Waals surface area (Å²) in [5.74, 6) is 0.0274. The highest BCUT2D eigenvalue weighted by molar-refractivity contribution is 5.01. The van der Waals surface area contributed by atoms with Crippen molar-refractivity contribution in [3.05, 3.63) is 0 Å². The van der Waals surface area contributed by atoms with Crippen LogP contribution in [0, 0.1) is 5.92 Å². The van der Waals surface area contributed by atoms with Crippen molar-refractivity contribution in [2.45, 2.75) is 64.6 Å². The number of nitrogens with zero attached hydrogens (tertiary/aromatic N) is 1. The zero-order valence-electron chi connectivity index (χ0n) is 9.87. The molecule has 3 nitrogen and oxygen atoms in total. The molecule has 0 spiro atoms. The molecular weight excluding hydrogens is 178 g/mol. The van der Waals surface area contributed by atoms with Crippen molar-refractivity contribution in [1.82, 2.24) is 5.06 Å². The predicted octanol–water partition coefficient (Wildman–Crippen LogP) is 1.98. The van der Waals surface area contributed by atoms with Gasteiger partial charge in [-0.1, -0.05) is 13.8 Å². The van der Waals surface area contributed by atoms with E-state index in [2.05, 4.69) is 0 Å². The lowest BCUT2D eigenvalue weighted by molar-refractivity contribution is -0.318. The van der Waals surface area contributed by atoms with E-state index in [-0.39, 0.29) is 12.0 Å². The molecule has 0 aromatic heterocycles. The Bertz CT molecular complexity index is 213. The lowest BCUT2D eigenvalue weighted by Gasteiger charge is -2.53. The largest absolute Gasteiger partial charge is 0.393 e. The van der Waals surface area contributed by atoms with Crippen LogP contribution in [0.3, 0.4) is 0 Å². The maximum absolute atomic E-state index is 12.2. The number of hydrogen-bond donors (Lipinski definition) is 1. The van der Waals surface area contributed by atoms with Gasteiger partial charge in [0.25, 0.3) is 0 Å². The summed E-state index contributed by atoms with van der Waals surface area (Å²) in [7, 11) is 0. The van der Waals surface area contributed by atoms with Crippen LogP contribution in [0.4, 0.5) is 0 Å². The molecule has 1 fully saturated rings. The number of aliphatic hydroxyl groups excluding tert-OH is 1. The quantitative estimate of drug-likeness (QED) is 0.703. The molecule has 14 heavy (non-hydrogen) atoms. The SMILES string of the molecule is CCC1(C)CC(O)C(C)C(C)(C)N1[O]. The van der Waals surface area contributed by atoms with E-state index in [4.69, 9.17) is 0 Å². The summed E-state index contributed by atoms with van der Waals surface area (Å²) in [4.78, 5) is 0. The van der Waals surface area contributed by atoms with Gasteiger partial charge >= 0.3 is 0 Å². The lowest BCUT2D eigenvalue weighted by Crippen LogP contribution is -2.64. The Morgan fingerprint density at radius 2 is 1.93 bits per heavy atom. The van der Waals surface area contributed by atoms with Crippen LogP contribution in [-0.2, 0) is 5.21 Å². The van der Waals surface area contributed by atoms with Gasteiger partial charge in [-0.05, 0) is 33.6 Å². The van der Waals surface area contributed by atoms with Crippen molar-refractivity contribution in [2.24, 2.45) is 5.92 Å². The molecule has 0 saturated carbocycles. The van der Waals surface area contributed by atoms with Crippen LogP contribution in [-0.4, -0.2) is 27.4 Å². The van der Waals surface area contributed by atoms with Gasteiger partial charge in [0.2, 0.25) is 0 Å². The second-order valence-electron chi connectivity index (χ2n) is 5.36. The molecule has 1 saturated heterocycles.